The number of nitrogens with one attached hydrogen (secondary N) is 1. The standard InChI is InChI=1S/C22H17ClN8O2/c1-12-13(4-2-7-24-12)20-27-28-21(33-20)22(32)30-9-6-15-18(26-11-25-15)19(30)16-10-17-14(23)5-3-8-31(17)29-16/h2-5,7-8,10-11,19H,6,9H2,1H3,(H,25,26)/t19-/m1/s1. The van der Waals surface area contributed by atoms with Crippen molar-refractivity contribution in [2.24, 2.45) is 0 Å². The Kier molecular flexibility index (Phi) is 4.47. The molecule has 0 fully saturated rings. The van der Waals surface area contributed by atoms with E-state index in [0.29, 0.717) is 29.2 Å². The predicted octanol–water partition coefficient (Wildman–Crippen LogP) is 3.25. The van der Waals surface area contributed by atoms with Crippen molar-refractivity contribution in [3.63, 3.8) is 0 Å². The molecule has 0 spiro atoms. The van der Waals surface area contributed by atoms with Crippen molar-refractivity contribution in [2.45, 2.75) is 19.4 Å². The van der Waals surface area contributed by atoms with E-state index >= 15 is 0 Å². The summed E-state index contributed by atoms with van der Waals surface area (Å²) in [6, 6.07) is 8.56. The van der Waals surface area contributed by atoms with Crippen molar-refractivity contribution in [3.8, 4) is 11.5 Å². The van der Waals surface area contributed by atoms with Crippen molar-refractivity contribution in [3.05, 3.63) is 82.7 Å². The third-order valence-corrected chi connectivity index (χ3v) is 6.10. The van der Waals surface area contributed by atoms with E-state index in [-0.39, 0.29) is 11.8 Å². The summed E-state index contributed by atoms with van der Waals surface area (Å²) in [5, 5.41) is 13.4. The van der Waals surface area contributed by atoms with Gasteiger partial charge in [-0.3, -0.25) is 9.78 Å². The molecule has 0 saturated heterocycles. The zero-order valence-corrected chi connectivity index (χ0v) is 18.2. The highest BCUT2D eigenvalue weighted by Crippen LogP contribution is 2.35. The lowest BCUT2D eigenvalue weighted by molar-refractivity contribution is 0.0646. The van der Waals surface area contributed by atoms with Crippen molar-refractivity contribution in [1.29, 1.82) is 0 Å². The minimum atomic E-state index is -0.529. The average molecular weight is 461 g/mol. The molecule has 0 aromatic carbocycles. The van der Waals surface area contributed by atoms with Crippen LogP contribution in [-0.2, 0) is 6.42 Å². The lowest BCUT2D eigenvalue weighted by Gasteiger charge is -2.32. The molecule has 1 aliphatic heterocycles. The molecule has 0 unspecified atom stereocenters. The molecule has 0 radical (unpaired) electrons. The monoisotopic (exact) mass is 460 g/mol. The first-order valence-electron chi connectivity index (χ1n) is 10.3. The van der Waals surface area contributed by atoms with Crippen LogP contribution in [-0.4, -0.2) is 52.1 Å². The summed E-state index contributed by atoms with van der Waals surface area (Å²) in [5.41, 5.74) is 4.51. The lowest BCUT2D eigenvalue weighted by atomic mass is 9.99. The number of aryl methyl sites for hydroxylation is 1. The summed E-state index contributed by atoms with van der Waals surface area (Å²) in [4.78, 5) is 27.1. The van der Waals surface area contributed by atoms with Gasteiger partial charge in [0.05, 0.1) is 33.8 Å². The molecule has 6 heterocycles. The van der Waals surface area contributed by atoms with Crippen LogP contribution in [0, 0.1) is 6.92 Å². The number of aromatic amines is 1. The zero-order valence-electron chi connectivity index (χ0n) is 17.4. The van der Waals surface area contributed by atoms with Crippen LogP contribution in [0.15, 0.2) is 53.5 Å². The molecule has 6 rings (SSSR count). The van der Waals surface area contributed by atoms with Crippen LogP contribution in [0.2, 0.25) is 5.02 Å². The van der Waals surface area contributed by atoms with Crippen LogP contribution in [0.3, 0.4) is 0 Å². The van der Waals surface area contributed by atoms with Gasteiger partial charge in [-0.2, -0.15) is 5.10 Å². The second kappa shape index (κ2) is 7.52. The average Bonchev–Trinajstić information content (AvgIpc) is 3.57. The molecule has 164 valence electrons. The number of nitrogens with zero attached hydrogens (tertiary/aromatic N) is 7. The highest BCUT2D eigenvalue weighted by Gasteiger charge is 2.38. The number of hydrogen-bond acceptors (Lipinski definition) is 7. The Morgan fingerprint density at radius 1 is 1.24 bits per heavy atom. The van der Waals surface area contributed by atoms with Crippen molar-refractivity contribution < 1.29 is 9.21 Å². The number of pyridine rings is 2. The highest BCUT2D eigenvalue weighted by molar-refractivity contribution is 6.33. The summed E-state index contributed by atoms with van der Waals surface area (Å²) in [7, 11) is 0. The summed E-state index contributed by atoms with van der Waals surface area (Å²) in [6.07, 6.45) is 5.74. The molecule has 11 heteroatoms. The number of imidazole rings is 1. The smallest absolute Gasteiger partial charge is 0.312 e. The maximum absolute atomic E-state index is 13.5. The van der Waals surface area contributed by atoms with Gasteiger partial charge in [0.15, 0.2) is 0 Å². The van der Waals surface area contributed by atoms with E-state index < -0.39 is 11.9 Å². The van der Waals surface area contributed by atoms with E-state index in [9.17, 15) is 4.79 Å². The third-order valence-electron chi connectivity index (χ3n) is 5.78. The van der Waals surface area contributed by atoms with Crippen LogP contribution in [0.1, 0.15) is 39.5 Å². The fourth-order valence-corrected chi connectivity index (χ4v) is 4.39. The van der Waals surface area contributed by atoms with E-state index in [1.807, 2.05) is 31.3 Å². The van der Waals surface area contributed by atoms with Crippen molar-refractivity contribution in [1.82, 2.24) is 39.7 Å². The van der Waals surface area contributed by atoms with Crippen LogP contribution in [0.25, 0.3) is 17.0 Å². The molecule has 1 atom stereocenters. The van der Waals surface area contributed by atoms with E-state index in [1.54, 1.807) is 34.1 Å². The van der Waals surface area contributed by atoms with Gasteiger partial charge in [0.1, 0.15) is 6.04 Å². The fraction of sp³-hybridized carbons (Fsp3) is 0.182. The Balaban J connectivity index is 1.41. The molecular weight excluding hydrogens is 444 g/mol. The van der Waals surface area contributed by atoms with E-state index in [2.05, 4.69) is 30.2 Å². The Bertz CT molecular complexity index is 1500. The molecular formula is C22H17ClN8O2. The predicted molar refractivity (Wildman–Crippen MR) is 118 cm³/mol. The number of halogens is 1. The Morgan fingerprint density at radius 2 is 2.15 bits per heavy atom. The van der Waals surface area contributed by atoms with E-state index in [4.69, 9.17) is 16.0 Å². The maximum atomic E-state index is 13.5. The third kappa shape index (κ3) is 3.18. The number of fused-ring (bicyclic) bond motifs is 2. The van der Waals surface area contributed by atoms with E-state index in [0.717, 1.165) is 22.6 Å². The van der Waals surface area contributed by atoms with Gasteiger partial charge >= 0.3 is 11.8 Å². The number of H-pyrrole nitrogens is 1. The lowest BCUT2D eigenvalue weighted by Crippen LogP contribution is -2.41. The van der Waals surface area contributed by atoms with Gasteiger partial charge in [0, 0.05) is 36.7 Å². The number of carbonyl (C=O) groups excluding carboxylic acids is 1. The van der Waals surface area contributed by atoms with Gasteiger partial charge in [0.25, 0.3) is 0 Å². The first-order valence-corrected chi connectivity index (χ1v) is 10.7. The normalized spacial score (nSPS) is 15.7. The van der Waals surface area contributed by atoms with E-state index in [1.165, 1.54) is 0 Å². The number of amides is 1. The van der Waals surface area contributed by atoms with Crippen molar-refractivity contribution >= 4 is 23.0 Å². The maximum Gasteiger partial charge on any atom is 0.312 e. The number of carbonyl (C=O) groups is 1. The minimum absolute atomic E-state index is 0.0981. The Labute approximate surface area is 192 Å². The van der Waals surface area contributed by atoms with Gasteiger partial charge < -0.3 is 14.3 Å². The number of rotatable bonds is 3. The summed E-state index contributed by atoms with van der Waals surface area (Å²) in [5.74, 6) is -0.242. The van der Waals surface area contributed by atoms with Crippen LogP contribution < -0.4 is 0 Å². The van der Waals surface area contributed by atoms with Crippen LogP contribution in [0.4, 0.5) is 0 Å². The first-order chi connectivity index (χ1) is 16.1. The molecule has 10 nitrogen and oxygen atoms in total. The first kappa shape index (κ1) is 19.6. The minimum Gasteiger partial charge on any atom is -0.412 e. The second-order valence-corrected chi connectivity index (χ2v) is 8.13. The summed E-state index contributed by atoms with van der Waals surface area (Å²) >= 11 is 6.36. The molecule has 5 aromatic rings. The summed E-state index contributed by atoms with van der Waals surface area (Å²) in [6.45, 7) is 2.28. The Morgan fingerprint density at radius 3 is 3.00 bits per heavy atom. The highest BCUT2D eigenvalue weighted by atomic mass is 35.5. The quantitative estimate of drug-likeness (QED) is 0.439. The SMILES string of the molecule is Cc1ncccc1-c1nnc(C(=O)N2CCc3[nH]cnc3[C@H]2c2cc3c(Cl)cccn3n2)o1. The molecule has 1 aliphatic rings. The van der Waals surface area contributed by atoms with Crippen LogP contribution in [0.5, 0.6) is 0 Å². The topological polar surface area (TPSA) is 118 Å². The molecule has 0 bridgehead atoms. The molecule has 33 heavy (non-hydrogen) atoms. The molecule has 5 aromatic heterocycles. The Hall–Kier alpha value is -4.05. The molecule has 0 saturated carbocycles. The van der Waals surface area contributed by atoms with Crippen LogP contribution >= 0.6 is 11.6 Å². The zero-order chi connectivity index (χ0) is 22.5. The van der Waals surface area contributed by atoms with Gasteiger partial charge in [-0.1, -0.05) is 11.6 Å². The van der Waals surface area contributed by atoms with Gasteiger partial charge in [-0.05, 0) is 37.3 Å². The number of aromatic nitrogens is 7. The van der Waals surface area contributed by atoms with Gasteiger partial charge in [0.2, 0.25) is 5.89 Å². The van der Waals surface area contributed by atoms with Gasteiger partial charge in [-0.25, -0.2) is 9.50 Å². The second-order valence-electron chi connectivity index (χ2n) is 7.72. The molecule has 1 amide bonds. The fourth-order valence-electron chi connectivity index (χ4n) is 4.18. The number of hydrogen-bond donors (Lipinski definition) is 1. The van der Waals surface area contributed by atoms with Gasteiger partial charge in [-0.15, -0.1) is 10.2 Å². The van der Waals surface area contributed by atoms with Crippen molar-refractivity contribution in [2.75, 3.05) is 6.54 Å². The summed E-state index contributed by atoms with van der Waals surface area (Å²) < 4.78 is 7.46. The molecule has 0 aliphatic carbocycles. The molecule has 1 N–H and O–H groups in total. The largest absolute Gasteiger partial charge is 0.412 e.